The molecule has 1 aromatic heterocycles. The first kappa shape index (κ1) is 17.2. The van der Waals surface area contributed by atoms with Gasteiger partial charge in [0.2, 0.25) is 0 Å². The van der Waals surface area contributed by atoms with Gasteiger partial charge in [0.1, 0.15) is 0 Å². The zero-order chi connectivity index (χ0) is 15.8. The average molecular weight is 320 g/mol. The van der Waals surface area contributed by atoms with E-state index >= 15 is 0 Å². The van der Waals surface area contributed by atoms with Crippen molar-refractivity contribution in [2.75, 3.05) is 6.54 Å². The highest BCUT2D eigenvalue weighted by Crippen LogP contribution is 2.37. The van der Waals surface area contributed by atoms with Crippen LogP contribution in [0.4, 0.5) is 26.3 Å². The van der Waals surface area contributed by atoms with Gasteiger partial charge >= 0.3 is 12.4 Å². The summed E-state index contributed by atoms with van der Waals surface area (Å²) in [5.41, 5.74) is -0.501. The Morgan fingerprint density at radius 2 is 1.60 bits per heavy atom. The second-order valence-electron chi connectivity index (χ2n) is 5.26. The molecule has 0 radical (unpaired) electrons. The summed E-state index contributed by atoms with van der Waals surface area (Å²) < 4.78 is 74.0. The summed E-state index contributed by atoms with van der Waals surface area (Å²) in [5, 5.41) is 1.06. The number of aromatic nitrogens is 1. The van der Waals surface area contributed by atoms with Crippen LogP contribution in [0.1, 0.15) is 36.3 Å². The Hall–Kier alpha value is -0.830. The van der Waals surface area contributed by atoms with Crippen LogP contribution >= 0.6 is 11.3 Å². The quantitative estimate of drug-likeness (QED) is 0.848. The van der Waals surface area contributed by atoms with Crippen LogP contribution in [0.3, 0.4) is 0 Å². The molecule has 9 heteroatoms. The van der Waals surface area contributed by atoms with Crippen molar-refractivity contribution in [2.45, 2.75) is 45.1 Å². The van der Waals surface area contributed by atoms with E-state index in [1.54, 1.807) is 20.8 Å². The van der Waals surface area contributed by atoms with Gasteiger partial charge in [-0.25, -0.2) is 4.98 Å². The molecule has 0 bridgehead atoms. The zero-order valence-corrected chi connectivity index (χ0v) is 11.9. The monoisotopic (exact) mass is 320 g/mol. The van der Waals surface area contributed by atoms with Crippen LogP contribution < -0.4 is 5.32 Å². The van der Waals surface area contributed by atoms with Crippen LogP contribution in [-0.4, -0.2) is 17.7 Å². The van der Waals surface area contributed by atoms with Crippen molar-refractivity contribution in [1.82, 2.24) is 10.3 Å². The molecule has 0 spiro atoms. The molecular weight excluding hydrogens is 306 g/mol. The largest absolute Gasteiger partial charge is 0.443 e. The standard InChI is InChI=1S/C11H14F6N2S/c1-9(2,3)7-6(4-18-5-10(12,13)14)20-8(19-7)11(15,16)17/h18H,4-5H2,1-3H3. The van der Waals surface area contributed by atoms with Crippen LogP contribution in [0.5, 0.6) is 0 Å². The van der Waals surface area contributed by atoms with Crippen LogP contribution in [0, 0.1) is 0 Å². The van der Waals surface area contributed by atoms with Gasteiger partial charge in [-0.15, -0.1) is 11.3 Å². The maximum atomic E-state index is 12.6. The summed E-state index contributed by atoms with van der Waals surface area (Å²) in [6.45, 7) is 3.44. The fourth-order valence-corrected chi connectivity index (χ4v) is 2.61. The number of nitrogens with one attached hydrogen (secondary N) is 1. The SMILES string of the molecule is CC(C)(C)c1nc(C(F)(F)F)sc1CNCC(F)(F)F. The van der Waals surface area contributed by atoms with Crippen molar-refractivity contribution >= 4 is 11.3 Å². The summed E-state index contributed by atoms with van der Waals surface area (Å²) in [5.74, 6) is 0. The molecule has 1 heterocycles. The molecule has 0 atom stereocenters. The van der Waals surface area contributed by atoms with Gasteiger partial charge < -0.3 is 5.32 Å². The molecule has 0 unspecified atom stereocenters. The Morgan fingerprint density at radius 3 is 2.00 bits per heavy atom. The molecule has 0 aromatic carbocycles. The minimum atomic E-state index is -4.59. The number of nitrogens with zero attached hydrogens (tertiary/aromatic N) is 1. The number of thiazole rings is 1. The average Bonchev–Trinajstić information content (AvgIpc) is 2.58. The third-order valence-corrected chi connectivity index (χ3v) is 3.36. The Morgan fingerprint density at radius 1 is 1.05 bits per heavy atom. The molecular formula is C11H14F6N2S. The van der Waals surface area contributed by atoms with Gasteiger partial charge in [0.15, 0.2) is 5.01 Å². The van der Waals surface area contributed by atoms with Crippen molar-refractivity contribution in [3.63, 3.8) is 0 Å². The molecule has 1 N–H and O–H groups in total. The van der Waals surface area contributed by atoms with E-state index in [0.29, 0.717) is 11.3 Å². The molecule has 0 saturated heterocycles. The van der Waals surface area contributed by atoms with Gasteiger partial charge in [0, 0.05) is 16.8 Å². The second-order valence-corrected chi connectivity index (χ2v) is 6.34. The predicted octanol–water partition coefficient (Wildman–Crippen LogP) is 4.11. The lowest BCUT2D eigenvalue weighted by molar-refractivity contribution is -0.137. The molecule has 0 saturated carbocycles. The maximum Gasteiger partial charge on any atom is 0.443 e. The van der Waals surface area contributed by atoms with Gasteiger partial charge in [-0.2, -0.15) is 26.3 Å². The van der Waals surface area contributed by atoms with Crippen LogP contribution in [0.25, 0.3) is 0 Å². The van der Waals surface area contributed by atoms with Crippen molar-refractivity contribution < 1.29 is 26.3 Å². The van der Waals surface area contributed by atoms with E-state index in [0.717, 1.165) is 0 Å². The van der Waals surface area contributed by atoms with E-state index in [9.17, 15) is 26.3 Å². The van der Waals surface area contributed by atoms with Crippen molar-refractivity contribution in [1.29, 1.82) is 0 Å². The molecule has 20 heavy (non-hydrogen) atoms. The van der Waals surface area contributed by atoms with E-state index in [1.807, 2.05) is 0 Å². The topological polar surface area (TPSA) is 24.9 Å². The van der Waals surface area contributed by atoms with Crippen molar-refractivity contribution in [2.24, 2.45) is 0 Å². The lowest BCUT2D eigenvalue weighted by Gasteiger charge is -2.18. The highest BCUT2D eigenvalue weighted by molar-refractivity contribution is 7.11. The van der Waals surface area contributed by atoms with E-state index in [4.69, 9.17) is 0 Å². The summed E-state index contributed by atoms with van der Waals surface area (Å²) in [4.78, 5) is 3.72. The fraction of sp³-hybridized carbons (Fsp3) is 0.727. The van der Waals surface area contributed by atoms with Gasteiger partial charge in [-0.3, -0.25) is 0 Å². The number of rotatable bonds is 3. The van der Waals surface area contributed by atoms with E-state index in [2.05, 4.69) is 10.3 Å². The van der Waals surface area contributed by atoms with E-state index in [-0.39, 0.29) is 17.1 Å². The van der Waals surface area contributed by atoms with Gasteiger partial charge in [-0.1, -0.05) is 20.8 Å². The summed E-state index contributed by atoms with van der Waals surface area (Å²) in [6, 6.07) is 0. The lowest BCUT2D eigenvalue weighted by Crippen LogP contribution is -2.29. The van der Waals surface area contributed by atoms with Gasteiger partial charge in [0.25, 0.3) is 0 Å². The molecule has 0 aliphatic heterocycles. The van der Waals surface area contributed by atoms with E-state index in [1.165, 1.54) is 0 Å². The predicted molar refractivity (Wildman–Crippen MR) is 63.6 cm³/mol. The number of halogens is 6. The molecule has 0 aliphatic rings. The number of hydrogen-bond donors (Lipinski definition) is 1. The summed E-state index contributed by atoms with van der Waals surface area (Å²) in [6.07, 6.45) is -8.99. The molecule has 1 rings (SSSR count). The normalized spacial score (nSPS) is 13.8. The maximum absolute atomic E-state index is 12.6. The number of hydrogen-bond acceptors (Lipinski definition) is 3. The van der Waals surface area contributed by atoms with Gasteiger partial charge in [0.05, 0.1) is 12.2 Å². The number of alkyl halides is 6. The van der Waals surface area contributed by atoms with Crippen LogP contribution in [0.2, 0.25) is 0 Å². The van der Waals surface area contributed by atoms with Crippen molar-refractivity contribution in [3.8, 4) is 0 Å². The van der Waals surface area contributed by atoms with Gasteiger partial charge in [-0.05, 0) is 0 Å². The Balaban J connectivity index is 2.96. The minimum absolute atomic E-state index is 0.171. The molecule has 0 fully saturated rings. The third kappa shape index (κ3) is 4.93. The molecule has 116 valence electrons. The lowest BCUT2D eigenvalue weighted by atomic mass is 9.91. The Labute approximate surface area is 116 Å². The Kier molecular flexibility index (Phi) is 4.75. The smallest absolute Gasteiger partial charge is 0.304 e. The first-order chi connectivity index (χ1) is 8.81. The highest BCUT2D eigenvalue weighted by atomic mass is 32.1. The Bertz CT molecular complexity index is 455. The molecule has 0 amide bonds. The second kappa shape index (κ2) is 5.51. The fourth-order valence-electron chi connectivity index (χ4n) is 1.50. The van der Waals surface area contributed by atoms with Crippen molar-refractivity contribution in [3.05, 3.63) is 15.6 Å². The van der Waals surface area contributed by atoms with Crippen LogP contribution in [0.15, 0.2) is 0 Å². The first-order valence-electron chi connectivity index (χ1n) is 5.65. The van der Waals surface area contributed by atoms with E-state index < -0.39 is 29.3 Å². The third-order valence-electron chi connectivity index (χ3n) is 2.26. The zero-order valence-electron chi connectivity index (χ0n) is 11.0. The summed E-state index contributed by atoms with van der Waals surface area (Å²) >= 11 is 0.378. The van der Waals surface area contributed by atoms with Crippen LogP contribution in [-0.2, 0) is 18.1 Å². The molecule has 2 nitrogen and oxygen atoms in total. The first-order valence-corrected chi connectivity index (χ1v) is 6.47. The minimum Gasteiger partial charge on any atom is -0.304 e. The summed E-state index contributed by atoms with van der Waals surface area (Å²) in [7, 11) is 0. The highest BCUT2D eigenvalue weighted by Gasteiger charge is 2.37. The molecule has 1 aromatic rings. The molecule has 0 aliphatic carbocycles.